The molecule has 0 amide bonds. The fourth-order valence-corrected chi connectivity index (χ4v) is 4.97. The Kier molecular flexibility index (Phi) is 4.44. The zero-order valence-electron chi connectivity index (χ0n) is 18.4. The van der Waals surface area contributed by atoms with E-state index in [0.717, 1.165) is 27.6 Å². The highest BCUT2D eigenvalue weighted by Gasteiger charge is 2.35. The second-order valence-corrected chi connectivity index (χ2v) is 10.2. The van der Waals surface area contributed by atoms with Crippen molar-refractivity contribution in [2.45, 2.75) is 39.3 Å². The molecule has 164 valence electrons. The summed E-state index contributed by atoms with van der Waals surface area (Å²) in [6, 6.07) is 11.7. The van der Waals surface area contributed by atoms with Gasteiger partial charge in [-0.05, 0) is 36.1 Å². The summed E-state index contributed by atoms with van der Waals surface area (Å²) >= 11 is 0.639. The van der Waals surface area contributed by atoms with Crippen molar-refractivity contribution in [3.63, 3.8) is 0 Å². The van der Waals surface area contributed by atoms with Gasteiger partial charge in [-0.3, -0.25) is 0 Å². The van der Waals surface area contributed by atoms with Crippen LogP contribution >= 0.6 is 11.3 Å². The van der Waals surface area contributed by atoms with Crippen LogP contribution in [0.5, 0.6) is 0 Å². The van der Waals surface area contributed by atoms with E-state index in [1.807, 2.05) is 32.2 Å². The van der Waals surface area contributed by atoms with Crippen molar-refractivity contribution in [2.24, 2.45) is 7.05 Å². The summed E-state index contributed by atoms with van der Waals surface area (Å²) in [5.41, 5.74) is 5.48. The summed E-state index contributed by atoms with van der Waals surface area (Å²) in [4.78, 5) is 3.88. The number of nitrogens with zero attached hydrogens (tertiary/aromatic N) is 2. The molecule has 0 fully saturated rings. The zero-order valence-corrected chi connectivity index (χ0v) is 19.2. The van der Waals surface area contributed by atoms with Crippen LogP contribution in [0.3, 0.4) is 0 Å². The zero-order chi connectivity index (χ0) is 23.0. The third-order valence-corrected chi connectivity index (χ3v) is 6.94. The van der Waals surface area contributed by atoms with Crippen LogP contribution in [0.15, 0.2) is 47.0 Å². The summed E-state index contributed by atoms with van der Waals surface area (Å²) in [5.74, 6) is 0. The Bertz CT molecular complexity index is 1520. The quantitative estimate of drug-likeness (QED) is 0.248. The molecule has 7 heteroatoms. The molecule has 3 aromatic heterocycles. The van der Waals surface area contributed by atoms with Crippen molar-refractivity contribution in [1.82, 2.24) is 4.98 Å². The normalized spacial score (nSPS) is 13.0. The minimum Gasteiger partial charge on any atom is -0.453 e. The van der Waals surface area contributed by atoms with Crippen LogP contribution in [0, 0.1) is 6.92 Å². The second-order valence-electron chi connectivity index (χ2n) is 9.21. The molecule has 5 aromatic rings. The molecular formula is C25H22F3N2OS+. The number of pyridine rings is 1. The van der Waals surface area contributed by atoms with Crippen molar-refractivity contribution in [3.8, 4) is 11.3 Å². The number of benzene rings is 2. The van der Waals surface area contributed by atoms with Crippen LogP contribution < -0.4 is 4.57 Å². The fraction of sp³-hybridized carbons (Fsp3) is 0.280. The number of aryl methyl sites for hydroxylation is 2. The number of hydrogen-bond acceptors (Lipinski definition) is 3. The first-order valence-corrected chi connectivity index (χ1v) is 11.1. The van der Waals surface area contributed by atoms with Crippen LogP contribution in [-0.4, -0.2) is 4.98 Å². The molecule has 0 spiro atoms. The van der Waals surface area contributed by atoms with Crippen molar-refractivity contribution in [2.75, 3.05) is 0 Å². The maximum Gasteiger partial charge on any atom is 0.443 e. The van der Waals surface area contributed by atoms with Gasteiger partial charge in [0, 0.05) is 22.4 Å². The number of furan rings is 1. The summed E-state index contributed by atoms with van der Waals surface area (Å²) in [6.07, 6.45) is -2.36. The lowest BCUT2D eigenvalue weighted by Gasteiger charge is -2.17. The molecule has 0 saturated heterocycles. The van der Waals surface area contributed by atoms with E-state index < -0.39 is 11.2 Å². The van der Waals surface area contributed by atoms with Crippen LogP contribution in [0.2, 0.25) is 0 Å². The monoisotopic (exact) mass is 455 g/mol. The largest absolute Gasteiger partial charge is 0.453 e. The first kappa shape index (κ1) is 20.9. The highest BCUT2D eigenvalue weighted by molar-refractivity contribution is 7.18. The van der Waals surface area contributed by atoms with Gasteiger partial charge in [0.1, 0.15) is 18.1 Å². The van der Waals surface area contributed by atoms with Crippen molar-refractivity contribution in [3.05, 3.63) is 58.7 Å². The van der Waals surface area contributed by atoms with Crippen molar-refractivity contribution in [1.29, 1.82) is 0 Å². The Morgan fingerprint density at radius 2 is 1.62 bits per heavy atom. The lowest BCUT2D eigenvalue weighted by atomic mass is 9.88. The smallest absolute Gasteiger partial charge is 0.443 e. The van der Waals surface area contributed by atoms with Crippen LogP contribution in [0.1, 0.15) is 36.9 Å². The molecule has 0 saturated carbocycles. The molecule has 0 atom stereocenters. The van der Waals surface area contributed by atoms with E-state index in [0.29, 0.717) is 27.2 Å². The summed E-state index contributed by atoms with van der Waals surface area (Å²) in [5, 5.41) is 0.770. The third kappa shape index (κ3) is 3.18. The van der Waals surface area contributed by atoms with Gasteiger partial charge in [-0.1, -0.05) is 32.9 Å². The molecule has 0 aliphatic carbocycles. The lowest BCUT2D eigenvalue weighted by molar-refractivity contribution is -0.661. The maximum atomic E-state index is 13.2. The highest BCUT2D eigenvalue weighted by Crippen LogP contribution is 2.42. The molecule has 2 aromatic carbocycles. The molecule has 3 heterocycles. The Hall–Kier alpha value is -2.93. The average Bonchev–Trinajstić information content (AvgIpc) is 3.28. The number of rotatable bonds is 1. The van der Waals surface area contributed by atoms with E-state index in [2.05, 4.69) is 48.7 Å². The van der Waals surface area contributed by atoms with Crippen LogP contribution in [0.4, 0.5) is 13.2 Å². The highest BCUT2D eigenvalue weighted by atomic mass is 32.1. The molecular weight excluding hydrogens is 433 g/mol. The molecule has 0 radical (unpaired) electrons. The van der Waals surface area contributed by atoms with E-state index in [-0.39, 0.29) is 10.9 Å². The van der Waals surface area contributed by atoms with Crippen molar-refractivity contribution < 1.29 is 22.2 Å². The first-order valence-electron chi connectivity index (χ1n) is 10.3. The van der Waals surface area contributed by atoms with Gasteiger partial charge in [0.05, 0.1) is 10.3 Å². The van der Waals surface area contributed by atoms with Gasteiger partial charge in [0.25, 0.3) is 0 Å². The molecule has 0 unspecified atom stereocenters. The number of halogens is 3. The number of aromatic nitrogens is 2. The van der Waals surface area contributed by atoms with Crippen molar-refractivity contribution >= 4 is 43.5 Å². The second kappa shape index (κ2) is 6.78. The number of thiazole rings is 1. The van der Waals surface area contributed by atoms with Gasteiger partial charge >= 0.3 is 6.18 Å². The van der Waals surface area contributed by atoms with E-state index >= 15 is 0 Å². The predicted molar refractivity (Wildman–Crippen MR) is 122 cm³/mol. The minimum absolute atomic E-state index is 0.0170. The molecule has 0 bridgehead atoms. The van der Waals surface area contributed by atoms with Crippen LogP contribution in [0.25, 0.3) is 43.4 Å². The molecule has 0 aliphatic heterocycles. The summed E-state index contributed by atoms with van der Waals surface area (Å²) in [7, 11) is 2.00. The topological polar surface area (TPSA) is 29.9 Å². The molecule has 0 N–H and O–H groups in total. The molecule has 5 rings (SSSR count). The standard InChI is InChI=1S/C25H22F3N2OS/c1-13-6-8-15-16-9-11-18-20(29-23(32-18)25(26,27)28)22(16)31-21(15)19(13)17-10-7-14(12-30(17)5)24(2,3)4/h6-12H,1-5H3/q+1. The fourth-order valence-electron chi connectivity index (χ4n) is 4.14. The molecule has 32 heavy (non-hydrogen) atoms. The van der Waals surface area contributed by atoms with Gasteiger partial charge in [-0.2, -0.15) is 13.2 Å². The Morgan fingerprint density at radius 3 is 2.28 bits per heavy atom. The van der Waals surface area contributed by atoms with Crippen LogP contribution in [-0.2, 0) is 18.6 Å². The Balaban J connectivity index is 1.81. The lowest BCUT2D eigenvalue weighted by Crippen LogP contribution is -2.33. The third-order valence-electron chi connectivity index (χ3n) is 5.87. The van der Waals surface area contributed by atoms with Gasteiger partial charge in [-0.25, -0.2) is 9.55 Å². The van der Waals surface area contributed by atoms with Gasteiger partial charge < -0.3 is 4.42 Å². The Morgan fingerprint density at radius 1 is 0.938 bits per heavy atom. The minimum atomic E-state index is -4.48. The number of hydrogen-bond donors (Lipinski definition) is 0. The number of fused-ring (bicyclic) bond motifs is 5. The first-order chi connectivity index (χ1) is 14.9. The SMILES string of the molecule is Cc1ccc2c(oc3c2ccc2sc(C(F)(F)F)nc23)c1-c1ccc(C(C)(C)C)c[n+]1C. The van der Waals surface area contributed by atoms with E-state index in [4.69, 9.17) is 4.42 Å². The summed E-state index contributed by atoms with van der Waals surface area (Å²) < 4.78 is 48.5. The summed E-state index contributed by atoms with van der Waals surface area (Å²) in [6.45, 7) is 8.52. The van der Waals surface area contributed by atoms with Gasteiger partial charge in [0.2, 0.25) is 5.69 Å². The van der Waals surface area contributed by atoms with E-state index in [1.165, 1.54) is 5.56 Å². The van der Waals surface area contributed by atoms with Gasteiger partial charge in [0.15, 0.2) is 16.8 Å². The van der Waals surface area contributed by atoms with Gasteiger partial charge in [-0.15, -0.1) is 11.3 Å². The van der Waals surface area contributed by atoms with E-state index in [1.54, 1.807) is 6.07 Å². The maximum absolute atomic E-state index is 13.2. The number of alkyl halides is 3. The Labute approximate surface area is 187 Å². The predicted octanol–water partition coefficient (Wildman–Crippen LogP) is 7.31. The van der Waals surface area contributed by atoms with E-state index in [9.17, 15) is 13.2 Å². The molecule has 0 aliphatic rings. The average molecular weight is 456 g/mol. The molecule has 3 nitrogen and oxygen atoms in total.